The van der Waals surface area contributed by atoms with E-state index >= 15 is 0 Å². The third-order valence-electron chi connectivity index (χ3n) is 7.00. The molecule has 3 saturated heterocycles. The summed E-state index contributed by atoms with van der Waals surface area (Å²) in [7, 11) is 0. The van der Waals surface area contributed by atoms with Crippen LogP contribution < -0.4 is 5.32 Å². The van der Waals surface area contributed by atoms with E-state index < -0.39 is 100 Å². The largest absolute Gasteiger partial charge is 0.507 e. The molecule has 3 amide bonds. The summed E-state index contributed by atoms with van der Waals surface area (Å²) in [6.07, 6.45) is -0.870. The van der Waals surface area contributed by atoms with Crippen molar-refractivity contribution >= 4 is 17.7 Å². The third kappa shape index (κ3) is 5.31. The number of hydrogen-bond donors (Lipinski definition) is 8. The van der Waals surface area contributed by atoms with Gasteiger partial charge in [-0.1, -0.05) is 6.58 Å². The highest BCUT2D eigenvalue weighted by Crippen LogP contribution is 2.43. The normalized spacial score (nSPS) is 24.3. The second kappa shape index (κ2) is 11.1. The second-order valence-electron chi connectivity index (χ2n) is 9.53. The number of likely N-dealkylation sites (tertiary alicyclic amines) is 1. The summed E-state index contributed by atoms with van der Waals surface area (Å²) < 4.78 is 25.3. The number of carbonyl (C=O) groups excluding carboxylic acids is 3. The van der Waals surface area contributed by atoms with Gasteiger partial charge in [-0.3, -0.25) is 29.5 Å². The first-order chi connectivity index (χ1) is 19.3. The number of nitrogens with one attached hydrogen (secondary N) is 1. The summed E-state index contributed by atoms with van der Waals surface area (Å²) >= 11 is 0. The monoisotopic (exact) mass is 581 g/mol. The van der Waals surface area contributed by atoms with Crippen LogP contribution in [0.3, 0.4) is 0 Å². The Labute approximate surface area is 231 Å². The summed E-state index contributed by atoms with van der Waals surface area (Å²) in [5.74, 6) is -10.8. The minimum absolute atomic E-state index is 0.0963. The smallest absolute Gasteiger partial charge is 0.283 e. The van der Waals surface area contributed by atoms with Gasteiger partial charge in [0.15, 0.2) is 28.8 Å². The number of amides is 3. The van der Waals surface area contributed by atoms with E-state index in [-0.39, 0.29) is 18.5 Å². The Morgan fingerprint density at radius 2 is 1.71 bits per heavy atom. The summed E-state index contributed by atoms with van der Waals surface area (Å²) in [5.41, 5.74) is -4.89. The lowest BCUT2D eigenvalue weighted by Crippen LogP contribution is -2.63. The maximum Gasteiger partial charge on any atom is 0.283 e. The molecule has 1 aromatic rings. The molecule has 0 spiro atoms. The van der Waals surface area contributed by atoms with E-state index in [0.29, 0.717) is 31.2 Å². The van der Waals surface area contributed by atoms with E-state index in [9.17, 15) is 54.5 Å². The summed E-state index contributed by atoms with van der Waals surface area (Å²) in [6.45, 7) is 2.84. The predicted octanol–water partition coefficient (Wildman–Crippen LogP) is -0.0879. The second-order valence-corrected chi connectivity index (χ2v) is 9.53. The molecule has 0 aliphatic carbocycles. The number of benzene rings is 1. The number of imide groups is 1. The van der Waals surface area contributed by atoms with Gasteiger partial charge in [0.1, 0.15) is 12.4 Å². The molecule has 1 atom stereocenters. The molecule has 0 saturated carbocycles. The minimum Gasteiger partial charge on any atom is -0.507 e. The highest BCUT2D eigenvalue weighted by Gasteiger charge is 2.53. The number of nitrogens with zero attached hydrogens (tertiary/aromatic N) is 2. The topological polar surface area (TPSA) is 230 Å². The number of phenolic OH excluding ortho intramolecular Hbond substituents is 3. The third-order valence-corrected chi connectivity index (χ3v) is 7.00. The molecule has 8 N–H and O–H groups in total. The van der Waals surface area contributed by atoms with E-state index in [1.165, 1.54) is 0 Å². The number of aromatic hydroxyl groups is 3. The van der Waals surface area contributed by atoms with Gasteiger partial charge in [0.2, 0.25) is 11.6 Å². The Morgan fingerprint density at radius 1 is 1.05 bits per heavy atom. The lowest BCUT2D eigenvalue weighted by Gasteiger charge is -2.37. The van der Waals surface area contributed by atoms with Crippen LogP contribution in [-0.4, -0.2) is 102 Å². The number of carbonyl (C=O) groups is 3. The van der Waals surface area contributed by atoms with Gasteiger partial charge in [0.25, 0.3) is 17.8 Å². The fourth-order valence-corrected chi connectivity index (χ4v) is 4.66. The molecule has 4 rings (SSSR count). The first-order valence-corrected chi connectivity index (χ1v) is 12.3. The Balaban J connectivity index is 1.68. The van der Waals surface area contributed by atoms with Gasteiger partial charge in [0, 0.05) is 32.5 Å². The predicted molar refractivity (Wildman–Crippen MR) is 132 cm³/mol. The Hall–Kier alpha value is -4.54. The molecule has 16 heteroatoms. The van der Waals surface area contributed by atoms with E-state index in [1.54, 1.807) is 4.90 Å². The molecule has 0 radical (unpaired) electrons. The van der Waals surface area contributed by atoms with Crippen molar-refractivity contribution in [2.45, 2.75) is 31.7 Å². The number of aliphatic hydroxyl groups is 4. The number of halogens is 1. The quantitative estimate of drug-likeness (QED) is 0.0693. The van der Waals surface area contributed by atoms with Crippen molar-refractivity contribution in [1.29, 1.82) is 0 Å². The van der Waals surface area contributed by atoms with Crippen LogP contribution in [0.2, 0.25) is 0 Å². The lowest BCUT2D eigenvalue weighted by molar-refractivity contribution is -0.177. The number of ether oxygens (including phenoxy) is 2. The minimum atomic E-state index is -2.59. The van der Waals surface area contributed by atoms with Crippen LogP contribution >= 0.6 is 0 Å². The maximum atomic E-state index is 14.9. The number of phenols is 3. The first-order valence-electron chi connectivity index (χ1n) is 12.3. The molecule has 3 aliphatic rings. The fraction of sp³-hybridized carbons (Fsp3) is 0.400. The average molecular weight is 582 g/mol. The summed E-state index contributed by atoms with van der Waals surface area (Å²) in [5, 5.41) is 74.7. The van der Waals surface area contributed by atoms with Crippen LogP contribution in [-0.2, 0) is 37.0 Å². The summed E-state index contributed by atoms with van der Waals surface area (Å²) in [4.78, 5) is 39.4. The van der Waals surface area contributed by atoms with Crippen molar-refractivity contribution < 1.29 is 64.0 Å². The Kier molecular flexibility index (Phi) is 8.01. The number of morpholine rings is 1. The van der Waals surface area contributed by atoms with Crippen LogP contribution in [0.1, 0.15) is 24.0 Å². The zero-order valence-corrected chi connectivity index (χ0v) is 21.5. The molecule has 0 aromatic heterocycles. The number of hydrogen-bond acceptors (Lipinski definition) is 13. The highest BCUT2D eigenvalue weighted by atomic mass is 19.1. The van der Waals surface area contributed by atoms with Crippen LogP contribution in [0, 0.1) is 5.82 Å². The molecule has 41 heavy (non-hydrogen) atoms. The van der Waals surface area contributed by atoms with Gasteiger partial charge in [-0.05, 0) is 0 Å². The Morgan fingerprint density at radius 3 is 2.32 bits per heavy atom. The van der Waals surface area contributed by atoms with Gasteiger partial charge in [0.05, 0.1) is 42.0 Å². The Bertz CT molecular complexity index is 1380. The van der Waals surface area contributed by atoms with Crippen LogP contribution in [0.25, 0.3) is 0 Å². The molecule has 1 aromatic carbocycles. The number of aliphatic hydroxyl groups excluding tert-OH is 3. The molecule has 15 nitrogen and oxygen atoms in total. The standard InChI is InChI=1S/C25H28FN3O12/c1-11(30)18(32)16-12(9-29(22(16)36)25(39)3-2-15(31)27-24(25)38)23(37)41-10-14-17(26)21(35)20(34)13(19(14)33)8-28-4-6-40-7-5-28/h30,32-35,37,39H,1-10H2,(H,27,31,38)/b18-16-,23-12+. The zero-order valence-electron chi connectivity index (χ0n) is 21.5. The fourth-order valence-electron chi connectivity index (χ4n) is 4.66. The molecule has 222 valence electrons. The van der Waals surface area contributed by atoms with Crippen molar-refractivity contribution in [1.82, 2.24) is 15.1 Å². The van der Waals surface area contributed by atoms with Crippen molar-refractivity contribution in [3.8, 4) is 17.2 Å². The van der Waals surface area contributed by atoms with Crippen molar-refractivity contribution in [2.24, 2.45) is 0 Å². The van der Waals surface area contributed by atoms with Crippen LogP contribution in [0.4, 0.5) is 4.39 Å². The highest BCUT2D eigenvalue weighted by molar-refractivity contribution is 6.08. The SMILES string of the molecule is C=C(O)/C(O)=C1/C(=O)N(C2(O)CCC(=O)NC2=O)C/C1=C(/O)OCc1c(O)c(CN2CCOCC2)c(O)c(O)c1F. The first kappa shape index (κ1) is 29.4. The van der Waals surface area contributed by atoms with E-state index in [0.717, 1.165) is 0 Å². The molecular formula is C25H28FN3O12. The van der Waals surface area contributed by atoms with Crippen molar-refractivity contribution in [2.75, 3.05) is 32.8 Å². The number of rotatable bonds is 7. The van der Waals surface area contributed by atoms with Crippen LogP contribution in [0.15, 0.2) is 35.2 Å². The molecule has 3 fully saturated rings. The maximum absolute atomic E-state index is 14.9. The molecule has 1 unspecified atom stereocenters. The van der Waals surface area contributed by atoms with Gasteiger partial charge < -0.3 is 45.2 Å². The van der Waals surface area contributed by atoms with Gasteiger partial charge in [-0.2, -0.15) is 0 Å². The number of piperidine rings is 1. The zero-order chi connectivity index (χ0) is 30.2. The van der Waals surface area contributed by atoms with Crippen LogP contribution in [0.5, 0.6) is 17.2 Å². The van der Waals surface area contributed by atoms with Crippen molar-refractivity contribution in [3.63, 3.8) is 0 Å². The molecular weight excluding hydrogens is 553 g/mol. The van der Waals surface area contributed by atoms with Crippen molar-refractivity contribution in [3.05, 3.63) is 52.1 Å². The molecule has 0 bridgehead atoms. The average Bonchev–Trinajstić information content (AvgIpc) is 3.29. The van der Waals surface area contributed by atoms with E-state index in [2.05, 4.69) is 6.58 Å². The van der Waals surface area contributed by atoms with Gasteiger partial charge >= 0.3 is 0 Å². The summed E-state index contributed by atoms with van der Waals surface area (Å²) in [6, 6.07) is 0. The molecule has 3 aliphatic heterocycles. The van der Waals surface area contributed by atoms with E-state index in [4.69, 9.17) is 9.47 Å². The van der Waals surface area contributed by atoms with E-state index in [1.807, 2.05) is 5.32 Å². The van der Waals surface area contributed by atoms with Gasteiger partial charge in [-0.25, -0.2) is 4.39 Å². The lowest BCUT2D eigenvalue weighted by atomic mass is 10.00. The van der Waals surface area contributed by atoms with Gasteiger partial charge in [-0.15, -0.1) is 0 Å². The molecule has 3 heterocycles.